The van der Waals surface area contributed by atoms with Crippen LogP contribution < -0.4 is 4.90 Å². The van der Waals surface area contributed by atoms with Gasteiger partial charge < -0.3 is 4.90 Å². The van der Waals surface area contributed by atoms with Crippen LogP contribution in [0, 0.1) is 17.0 Å². The molecule has 0 N–H and O–H groups in total. The molecule has 0 aromatic heterocycles. The van der Waals surface area contributed by atoms with E-state index in [9.17, 15) is 0 Å². The topological polar surface area (TPSA) is 71.5 Å². The van der Waals surface area contributed by atoms with Crippen LogP contribution in [0.1, 0.15) is 64.5 Å². The zero-order valence-electron chi connectivity index (χ0n) is 23.6. The van der Waals surface area contributed by atoms with Crippen molar-refractivity contribution in [2.45, 2.75) is 17.5 Å². The Morgan fingerprint density at radius 1 is 0.489 bits per heavy atom. The lowest BCUT2D eigenvalue weighted by molar-refractivity contribution is 0.0619. The molecule has 8 rings (SSSR count). The summed E-state index contributed by atoms with van der Waals surface area (Å²) in [4.78, 5) is 62.0. The number of anilines is 1. The van der Waals surface area contributed by atoms with Gasteiger partial charge in [-0.05, 0) is 47.5 Å². The number of nitrogens with zero attached hydrogens (tertiary/aromatic N) is 1. The Labute approximate surface area is 256 Å². The maximum atomic E-state index is 15.2. The second-order valence-corrected chi connectivity index (χ2v) is 11.7. The predicted octanol–water partition coefficient (Wildman–Crippen LogP) is 7.19. The zero-order valence-corrected chi connectivity index (χ0v) is 23.6. The minimum absolute atomic E-state index is 0.130. The Hall–Kier alpha value is -5.56. The molecule has 5 nitrogen and oxygen atoms in total. The third-order valence-electron chi connectivity index (χ3n) is 9.60. The van der Waals surface area contributed by atoms with Gasteiger partial charge in [0.15, 0.2) is 28.7 Å². The fourth-order valence-corrected chi connectivity index (χ4v) is 8.07. The van der Waals surface area contributed by atoms with Crippen LogP contribution in [0.15, 0.2) is 127 Å². The van der Waals surface area contributed by atoms with Crippen LogP contribution in [0.4, 0.5) is 14.5 Å². The molecule has 7 heteroatoms. The maximum Gasteiger partial charge on any atom is 0.197 e. The lowest BCUT2D eigenvalue weighted by Gasteiger charge is -2.40. The molecule has 5 aromatic carbocycles. The highest BCUT2D eigenvalue weighted by atomic mass is 19.1. The molecular formula is C38H23F2NO4. The summed E-state index contributed by atoms with van der Waals surface area (Å²) in [5, 5.41) is 0. The van der Waals surface area contributed by atoms with E-state index < -0.39 is 57.7 Å². The van der Waals surface area contributed by atoms with Crippen LogP contribution in [0.3, 0.4) is 0 Å². The molecular weight excluding hydrogens is 572 g/mol. The van der Waals surface area contributed by atoms with E-state index >= 15 is 28.0 Å². The first-order chi connectivity index (χ1) is 21.8. The molecule has 2 aliphatic carbocycles. The number of ketones is 4. The first kappa shape index (κ1) is 27.0. The van der Waals surface area contributed by atoms with Gasteiger partial charge in [-0.15, -0.1) is 0 Å². The van der Waals surface area contributed by atoms with E-state index in [2.05, 4.69) is 0 Å². The quantitative estimate of drug-likeness (QED) is 0.207. The number of benzene rings is 5. The van der Waals surface area contributed by atoms with Gasteiger partial charge in [-0.3, -0.25) is 19.2 Å². The number of hydrogen-bond acceptors (Lipinski definition) is 5. The fourth-order valence-electron chi connectivity index (χ4n) is 8.07. The van der Waals surface area contributed by atoms with E-state index in [0.29, 0.717) is 5.69 Å². The lowest BCUT2D eigenvalue weighted by atomic mass is 9.60. The Balaban J connectivity index is 1.59. The van der Waals surface area contributed by atoms with Gasteiger partial charge in [0, 0.05) is 33.9 Å². The van der Waals surface area contributed by atoms with Gasteiger partial charge >= 0.3 is 0 Å². The zero-order chi connectivity index (χ0) is 31.1. The third-order valence-corrected chi connectivity index (χ3v) is 9.60. The third kappa shape index (κ3) is 3.30. The molecule has 218 valence electrons. The van der Waals surface area contributed by atoms with Gasteiger partial charge in [-0.25, -0.2) is 8.78 Å². The molecule has 1 fully saturated rings. The van der Waals surface area contributed by atoms with Crippen molar-refractivity contribution in [2.24, 2.45) is 5.41 Å². The summed E-state index contributed by atoms with van der Waals surface area (Å²) in [6.07, 6.45) is 0. The normalized spacial score (nSPS) is 20.7. The van der Waals surface area contributed by atoms with Gasteiger partial charge in [0.25, 0.3) is 0 Å². The Morgan fingerprint density at radius 3 is 1.44 bits per heavy atom. The minimum atomic E-state index is -2.21. The van der Waals surface area contributed by atoms with E-state index in [-0.39, 0.29) is 33.4 Å². The summed E-state index contributed by atoms with van der Waals surface area (Å²) in [5.41, 5.74) is -3.10. The minimum Gasteiger partial charge on any atom is -0.343 e. The standard InChI is InChI=1S/C38H23F2NO4/c39-24-12-8-10-22(20-24)31-37(33(42)27-16-4-5-17-28(27)34(37)43)32(23-11-9-13-25(40)21-23)41(26-14-2-1-3-15-26)38(31)35(44)29-18-6-7-19-30(29)36(38)45/h1-21,31-32H/t31-,32+/m0/s1. The molecule has 0 saturated carbocycles. The van der Waals surface area contributed by atoms with Crippen molar-refractivity contribution in [1.29, 1.82) is 0 Å². The maximum absolute atomic E-state index is 15.2. The smallest absolute Gasteiger partial charge is 0.197 e. The number of hydrogen-bond donors (Lipinski definition) is 0. The van der Waals surface area contributed by atoms with Crippen molar-refractivity contribution < 1.29 is 28.0 Å². The fraction of sp³-hybridized carbons (Fsp3) is 0.105. The molecule has 0 radical (unpaired) electrons. The van der Waals surface area contributed by atoms with Gasteiger partial charge in [-0.2, -0.15) is 0 Å². The van der Waals surface area contributed by atoms with Crippen LogP contribution in [0.25, 0.3) is 0 Å². The second kappa shape index (κ2) is 9.47. The highest BCUT2D eigenvalue weighted by Gasteiger charge is 2.81. The van der Waals surface area contributed by atoms with Crippen LogP contribution in [0.5, 0.6) is 0 Å². The van der Waals surface area contributed by atoms with Crippen LogP contribution in [0.2, 0.25) is 0 Å². The molecule has 1 aliphatic heterocycles. The van der Waals surface area contributed by atoms with Gasteiger partial charge in [0.1, 0.15) is 17.0 Å². The number of carbonyl (C=O) groups is 4. The van der Waals surface area contributed by atoms with Crippen LogP contribution >= 0.6 is 0 Å². The van der Waals surface area contributed by atoms with Crippen LogP contribution in [-0.2, 0) is 0 Å². The van der Waals surface area contributed by atoms with Crippen molar-refractivity contribution in [1.82, 2.24) is 0 Å². The van der Waals surface area contributed by atoms with Crippen molar-refractivity contribution >= 4 is 28.8 Å². The summed E-state index contributed by atoms with van der Waals surface area (Å²) in [6.45, 7) is 0. The first-order valence-corrected chi connectivity index (χ1v) is 14.6. The molecule has 1 heterocycles. The Kier molecular flexibility index (Phi) is 5.69. The number of para-hydroxylation sites is 1. The van der Waals surface area contributed by atoms with Crippen molar-refractivity contribution in [3.05, 3.63) is 172 Å². The highest BCUT2D eigenvalue weighted by molar-refractivity contribution is 6.39. The molecule has 1 saturated heterocycles. The first-order valence-electron chi connectivity index (χ1n) is 14.6. The molecule has 5 aromatic rings. The summed E-state index contributed by atoms with van der Waals surface area (Å²) in [6, 6.07) is 30.9. The number of carbonyl (C=O) groups excluding carboxylic acids is 4. The van der Waals surface area contributed by atoms with E-state index in [1.807, 2.05) is 0 Å². The number of fused-ring (bicyclic) bond motifs is 2. The lowest BCUT2D eigenvalue weighted by Crippen LogP contribution is -2.57. The summed E-state index contributed by atoms with van der Waals surface area (Å²) in [7, 11) is 0. The number of rotatable bonds is 3. The molecule has 0 amide bonds. The van der Waals surface area contributed by atoms with Gasteiger partial charge in [0.05, 0.1) is 6.04 Å². The molecule has 45 heavy (non-hydrogen) atoms. The summed E-state index contributed by atoms with van der Waals surface area (Å²) in [5.74, 6) is -5.23. The van der Waals surface area contributed by atoms with Crippen molar-refractivity contribution in [2.75, 3.05) is 4.90 Å². The number of Topliss-reactive ketones (excluding diaryl/α,β-unsaturated/α-hetero) is 4. The number of halogens is 2. The molecule has 0 unspecified atom stereocenters. The van der Waals surface area contributed by atoms with Crippen LogP contribution in [-0.4, -0.2) is 28.7 Å². The van der Waals surface area contributed by atoms with Gasteiger partial charge in [-0.1, -0.05) is 91.0 Å². The molecule has 3 aliphatic rings. The molecule has 2 spiro atoms. The molecule has 2 atom stereocenters. The van der Waals surface area contributed by atoms with Crippen molar-refractivity contribution in [3.63, 3.8) is 0 Å². The van der Waals surface area contributed by atoms with E-state index in [1.165, 1.54) is 36.4 Å². The average molecular weight is 596 g/mol. The predicted molar refractivity (Wildman–Crippen MR) is 163 cm³/mol. The second-order valence-electron chi connectivity index (χ2n) is 11.7. The molecule has 0 bridgehead atoms. The highest BCUT2D eigenvalue weighted by Crippen LogP contribution is 2.69. The van der Waals surface area contributed by atoms with Gasteiger partial charge in [0.2, 0.25) is 0 Å². The summed E-state index contributed by atoms with van der Waals surface area (Å²) < 4.78 is 30.3. The Bertz CT molecular complexity index is 2040. The largest absolute Gasteiger partial charge is 0.343 e. The van der Waals surface area contributed by atoms with E-state index in [1.54, 1.807) is 95.9 Å². The monoisotopic (exact) mass is 595 g/mol. The Morgan fingerprint density at radius 2 is 0.933 bits per heavy atom. The summed E-state index contributed by atoms with van der Waals surface area (Å²) >= 11 is 0. The SMILES string of the molecule is O=C1c2ccccc2C(=O)C12[C@@H](c1cccc(F)c1)N(c1ccccc1)C1(C(=O)c3ccccc3C1=O)[C@H]2c1cccc(F)c1. The van der Waals surface area contributed by atoms with E-state index in [4.69, 9.17) is 0 Å². The van der Waals surface area contributed by atoms with E-state index in [0.717, 1.165) is 0 Å². The average Bonchev–Trinajstić information content (AvgIpc) is 3.57. The van der Waals surface area contributed by atoms with Crippen molar-refractivity contribution in [3.8, 4) is 0 Å².